The van der Waals surface area contributed by atoms with Gasteiger partial charge < -0.3 is 0 Å². The first-order chi connectivity index (χ1) is 7.17. The van der Waals surface area contributed by atoms with Crippen LogP contribution in [0.1, 0.15) is 30.8 Å². The number of H-pyrrole nitrogens is 1. The molecule has 0 amide bonds. The van der Waals surface area contributed by atoms with Crippen LogP contribution in [0, 0.1) is 6.92 Å². The van der Waals surface area contributed by atoms with Crippen LogP contribution in [0.3, 0.4) is 0 Å². The zero-order valence-corrected chi connectivity index (χ0v) is 9.29. The Bertz CT molecular complexity index is 551. The Hall–Kier alpha value is -1.58. The van der Waals surface area contributed by atoms with Gasteiger partial charge in [-0.15, -0.1) is 0 Å². The van der Waals surface area contributed by atoms with Crippen molar-refractivity contribution in [3.63, 3.8) is 0 Å². The Morgan fingerprint density at radius 1 is 1.40 bits per heavy atom. The number of rotatable bonds is 2. The van der Waals surface area contributed by atoms with Crippen molar-refractivity contribution in [2.75, 3.05) is 0 Å². The Labute approximate surface area is 87.9 Å². The van der Waals surface area contributed by atoms with Gasteiger partial charge in [-0.25, -0.2) is 9.50 Å². The molecule has 1 N–H and O–H groups in total. The summed E-state index contributed by atoms with van der Waals surface area (Å²) < 4.78 is 1.53. The van der Waals surface area contributed by atoms with E-state index >= 15 is 0 Å². The Kier molecular flexibility index (Phi) is 2.34. The van der Waals surface area contributed by atoms with Gasteiger partial charge in [0.15, 0.2) is 5.65 Å². The van der Waals surface area contributed by atoms with E-state index in [1.54, 1.807) is 0 Å². The van der Waals surface area contributed by atoms with Gasteiger partial charge in [-0.05, 0) is 19.8 Å². The van der Waals surface area contributed by atoms with Crippen LogP contribution < -0.4 is 5.56 Å². The molecule has 0 aliphatic rings. The summed E-state index contributed by atoms with van der Waals surface area (Å²) in [6, 6.07) is 1.92. The van der Waals surface area contributed by atoms with E-state index < -0.39 is 0 Å². The number of aromatic nitrogens is 3. The van der Waals surface area contributed by atoms with E-state index in [9.17, 15) is 4.79 Å². The topological polar surface area (TPSA) is 50.2 Å². The fraction of sp³-hybridized carbons (Fsp3) is 0.455. The molecule has 2 heterocycles. The van der Waals surface area contributed by atoms with Gasteiger partial charge in [-0.2, -0.15) is 0 Å². The number of aromatic amines is 1. The van der Waals surface area contributed by atoms with Crippen LogP contribution in [0.5, 0.6) is 0 Å². The summed E-state index contributed by atoms with van der Waals surface area (Å²) in [6.07, 6.45) is 1.60. The predicted octanol–water partition coefficient (Wildman–Crippen LogP) is 1.46. The minimum Gasteiger partial charge on any atom is -0.294 e. The third-order valence-electron chi connectivity index (χ3n) is 2.70. The smallest absolute Gasteiger partial charge is 0.276 e. The second kappa shape index (κ2) is 3.53. The monoisotopic (exact) mass is 205 g/mol. The Balaban J connectivity index is 2.82. The van der Waals surface area contributed by atoms with Crippen LogP contribution in [-0.2, 0) is 12.8 Å². The first-order valence-corrected chi connectivity index (χ1v) is 5.27. The molecule has 0 saturated carbocycles. The SMILES string of the molecule is CCc1cc2nc(C)c(CC)c(=O)n2[nH]1. The fourth-order valence-electron chi connectivity index (χ4n) is 1.81. The van der Waals surface area contributed by atoms with E-state index in [1.165, 1.54) is 4.52 Å². The molecule has 80 valence electrons. The summed E-state index contributed by atoms with van der Waals surface area (Å²) in [5.74, 6) is 0. The normalized spacial score (nSPS) is 11.1. The second-order valence-corrected chi connectivity index (χ2v) is 3.66. The van der Waals surface area contributed by atoms with Gasteiger partial charge >= 0.3 is 0 Å². The van der Waals surface area contributed by atoms with Gasteiger partial charge in [0.25, 0.3) is 5.56 Å². The molecule has 0 atom stereocenters. The first-order valence-electron chi connectivity index (χ1n) is 5.27. The van der Waals surface area contributed by atoms with Gasteiger partial charge in [0.2, 0.25) is 0 Å². The average molecular weight is 205 g/mol. The number of hydrogen-bond acceptors (Lipinski definition) is 2. The van der Waals surface area contributed by atoms with Crippen LogP contribution in [0.25, 0.3) is 5.65 Å². The van der Waals surface area contributed by atoms with Crippen molar-refractivity contribution >= 4 is 5.65 Å². The summed E-state index contributed by atoms with van der Waals surface area (Å²) >= 11 is 0. The second-order valence-electron chi connectivity index (χ2n) is 3.66. The maximum atomic E-state index is 12.0. The van der Waals surface area contributed by atoms with Crippen molar-refractivity contribution in [2.45, 2.75) is 33.6 Å². The molecule has 0 saturated heterocycles. The van der Waals surface area contributed by atoms with Crippen LogP contribution >= 0.6 is 0 Å². The Morgan fingerprint density at radius 2 is 2.13 bits per heavy atom. The quantitative estimate of drug-likeness (QED) is 0.806. The largest absolute Gasteiger partial charge is 0.294 e. The summed E-state index contributed by atoms with van der Waals surface area (Å²) in [7, 11) is 0. The highest BCUT2D eigenvalue weighted by atomic mass is 16.1. The van der Waals surface area contributed by atoms with E-state index in [-0.39, 0.29) is 5.56 Å². The van der Waals surface area contributed by atoms with Gasteiger partial charge in [-0.1, -0.05) is 13.8 Å². The first kappa shape index (κ1) is 9.96. The molecule has 2 aromatic heterocycles. The predicted molar refractivity (Wildman–Crippen MR) is 59.3 cm³/mol. The number of fused-ring (bicyclic) bond motifs is 1. The van der Waals surface area contributed by atoms with E-state index in [0.717, 1.165) is 29.8 Å². The van der Waals surface area contributed by atoms with E-state index in [0.29, 0.717) is 5.65 Å². The molecule has 0 aliphatic carbocycles. The lowest BCUT2D eigenvalue weighted by Gasteiger charge is -2.01. The number of hydrogen-bond donors (Lipinski definition) is 1. The van der Waals surface area contributed by atoms with Crippen molar-refractivity contribution in [3.8, 4) is 0 Å². The summed E-state index contributed by atoms with van der Waals surface area (Å²) in [5.41, 5.74) is 3.40. The van der Waals surface area contributed by atoms with Crippen molar-refractivity contribution in [1.82, 2.24) is 14.6 Å². The molecule has 0 radical (unpaired) electrons. The molecule has 0 bridgehead atoms. The van der Waals surface area contributed by atoms with Crippen molar-refractivity contribution in [1.29, 1.82) is 0 Å². The van der Waals surface area contributed by atoms with E-state index in [4.69, 9.17) is 0 Å². The summed E-state index contributed by atoms with van der Waals surface area (Å²) in [4.78, 5) is 16.4. The van der Waals surface area contributed by atoms with Gasteiger partial charge in [0.05, 0.1) is 0 Å². The zero-order chi connectivity index (χ0) is 11.0. The maximum absolute atomic E-state index is 12.0. The lowest BCUT2D eigenvalue weighted by Crippen LogP contribution is -2.21. The third kappa shape index (κ3) is 1.46. The van der Waals surface area contributed by atoms with E-state index in [2.05, 4.69) is 10.1 Å². The Morgan fingerprint density at radius 3 is 2.73 bits per heavy atom. The molecule has 0 aromatic carbocycles. The molecular formula is C11H15N3O. The van der Waals surface area contributed by atoms with Crippen LogP contribution in [-0.4, -0.2) is 14.6 Å². The molecule has 0 spiro atoms. The minimum atomic E-state index is 0.0275. The fourth-order valence-corrected chi connectivity index (χ4v) is 1.81. The lowest BCUT2D eigenvalue weighted by molar-refractivity contribution is 0.827. The van der Waals surface area contributed by atoms with Crippen LogP contribution in [0.15, 0.2) is 10.9 Å². The molecular weight excluding hydrogens is 190 g/mol. The molecule has 2 aromatic rings. The molecule has 0 fully saturated rings. The van der Waals surface area contributed by atoms with Crippen molar-refractivity contribution in [2.24, 2.45) is 0 Å². The summed E-state index contributed by atoms with van der Waals surface area (Å²) in [5, 5.41) is 3.06. The standard InChI is InChI=1S/C11H15N3O/c1-4-8-6-10-12-7(3)9(5-2)11(15)14(10)13-8/h6,13H,4-5H2,1-3H3. The van der Waals surface area contributed by atoms with Gasteiger partial charge in [0, 0.05) is 23.0 Å². The molecule has 0 aliphatic heterocycles. The molecule has 2 rings (SSSR count). The minimum absolute atomic E-state index is 0.0275. The highest BCUT2D eigenvalue weighted by Crippen LogP contribution is 2.06. The van der Waals surface area contributed by atoms with Crippen molar-refractivity contribution < 1.29 is 0 Å². The molecule has 15 heavy (non-hydrogen) atoms. The van der Waals surface area contributed by atoms with Crippen LogP contribution in [0.4, 0.5) is 0 Å². The zero-order valence-electron chi connectivity index (χ0n) is 9.29. The lowest BCUT2D eigenvalue weighted by atomic mass is 10.2. The van der Waals surface area contributed by atoms with Gasteiger partial charge in [0.1, 0.15) is 0 Å². The maximum Gasteiger partial charge on any atom is 0.276 e. The van der Waals surface area contributed by atoms with Gasteiger partial charge in [-0.3, -0.25) is 9.89 Å². The van der Waals surface area contributed by atoms with Crippen molar-refractivity contribution in [3.05, 3.63) is 33.4 Å². The molecule has 0 unspecified atom stereocenters. The number of nitrogens with zero attached hydrogens (tertiary/aromatic N) is 2. The van der Waals surface area contributed by atoms with E-state index in [1.807, 2.05) is 26.8 Å². The highest BCUT2D eigenvalue weighted by Gasteiger charge is 2.09. The highest BCUT2D eigenvalue weighted by molar-refractivity contribution is 5.41. The molecule has 4 nitrogen and oxygen atoms in total. The molecule has 4 heteroatoms. The third-order valence-corrected chi connectivity index (χ3v) is 2.70. The number of nitrogens with one attached hydrogen (secondary N) is 1. The summed E-state index contributed by atoms with van der Waals surface area (Å²) in [6.45, 7) is 5.91. The number of aryl methyl sites for hydroxylation is 2. The average Bonchev–Trinajstić information content (AvgIpc) is 2.61. The van der Waals surface area contributed by atoms with Crippen LogP contribution in [0.2, 0.25) is 0 Å².